The number of unbranched alkanes of at least 4 members (excludes halogenated alkanes) is 1. The Hall–Kier alpha value is -0.120. The fourth-order valence-corrected chi connectivity index (χ4v) is 0.697. The van der Waals surface area contributed by atoms with Gasteiger partial charge in [0.2, 0.25) is 0 Å². The van der Waals surface area contributed by atoms with Gasteiger partial charge in [0.1, 0.15) is 0 Å². The molecule has 0 amide bonds. The van der Waals surface area contributed by atoms with E-state index in [4.69, 9.17) is 15.3 Å². The van der Waals surface area contributed by atoms with E-state index in [1.54, 1.807) is 6.92 Å². The smallest absolute Gasteiger partial charge is 0.162 e. The lowest BCUT2D eigenvalue weighted by Crippen LogP contribution is -2.26. The fraction of sp³-hybridized carbons (Fsp3) is 1.00. The van der Waals surface area contributed by atoms with Crippen molar-refractivity contribution < 1.29 is 15.3 Å². The van der Waals surface area contributed by atoms with E-state index in [-0.39, 0.29) is 6.61 Å². The molecule has 3 heteroatoms. The van der Waals surface area contributed by atoms with E-state index < -0.39 is 5.79 Å². The van der Waals surface area contributed by atoms with Crippen molar-refractivity contribution in [2.45, 2.75) is 38.4 Å². The first-order valence-corrected chi connectivity index (χ1v) is 3.68. The molecule has 0 aromatic rings. The number of hydrogen-bond acceptors (Lipinski definition) is 3. The van der Waals surface area contributed by atoms with Crippen LogP contribution in [0.4, 0.5) is 0 Å². The molecule has 0 aliphatic heterocycles. The van der Waals surface area contributed by atoms with Crippen molar-refractivity contribution in [2.75, 3.05) is 6.61 Å². The van der Waals surface area contributed by atoms with Gasteiger partial charge in [0.05, 0.1) is 0 Å². The predicted octanol–water partition coefficient (Wildman–Crippen LogP) is 0.240. The van der Waals surface area contributed by atoms with Crippen LogP contribution < -0.4 is 0 Å². The van der Waals surface area contributed by atoms with Crippen molar-refractivity contribution in [1.82, 2.24) is 0 Å². The van der Waals surface area contributed by atoms with E-state index in [1.807, 2.05) is 0 Å². The highest BCUT2D eigenvalue weighted by atomic mass is 16.5. The molecule has 0 heterocycles. The third-order valence-electron chi connectivity index (χ3n) is 1.55. The van der Waals surface area contributed by atoms with E-state index in [0.29, 0.717) is 25.7 Å². The molecule has 0 radical (unpaired) electrons. The molecule has 0 aliphatic carbocycles. The van der Waals surface area contributed by atoms with Gasteiger partial charge >= 0.3 is 0 Å². The normalized spacial score (nSPS) is 12.0. The van der Waals surface area contributed by atoms with Crippen molar-refractivity contribution in [3.63, 3.8) is 0 Å². The van der Waals surface area contributed by atoms with Gasteiger partial charge in [-0.25, -0.2) is 0 Å². The van der Waals surface area contributed by atoms with E-state index in [1.165, 1.54) is 0 Å². The second-order valence-corrected chi connectivity index (χ2v) is 2.52. The van der Waals surface area contributed by atoms with Crippen LogP contribution in [0.25, 0.3) is 0 Å². The summed E-state index contributed by atoms with van der Waals surface area (Å²) in [4.78, 5) is 0. The molecular formula is C7H16O3. The molecule has 0 rings (SSSR count). The van der Waals surface area contributed by atoms with Crippen molar-refractivity contribution in [3.8, 4) is 0 Å². The summed E-state index contributed by atoms with van der Waals surface area (Å²) in [5.74, 6) is -1.52. The van der Waals surface area contributed by atoms with Crippen LogP contribution in [-0.4, -0.2) is 27.7 Å². The summed E-state index contributed by atoms with van der Waals surface area (Å²) in [5, 5.41) is 26.4. The predicted molar refractivity (Wildman–Crippen MR) is 38.4 cm³/mol. The summed E-state index contributed by atoms with van der Waals surface area (Å²) in [6.07, 6.45) is 2.00. The zero-order valence-electron chi connectivity index (χ0n) is 6.38. The van der Waals surface area contributed by atoms with Crippen LogP contribution in [0.3, 0.4) is 0 Å². The zero-order valence-corrected chi connectivity index (χ0v) is 6.38. The first-order chi connectivity index (χ1) is 4.62. The first kappa shape index (κ1) is 9.88. The van der Waals surface area contributed by atoms with Crippen LogP contribution in [0.15, 0.2) is 0 Å². The molecule has 10 heavy (non-hydrogen) atoms. The van der Waals surface area contributed by atoms with Gasteiger partial charge in [-0.3, -0.25) is 0 Å². The van der Waals surface area contributed by atoms with E-state index in [0.717, 1.165) is 0 Å². The van der Waals surface area contributed by atoms with E-state index in [9.17, 15) is 0 Å². The summed E-state index contributed by atoms with van der Waals surface area (Å²) in [7, 11) is 0. The van der Waals surface area contributed by atoms with E-state index >= 15 is 0 Å². The van der Waals surface area contributed by atoms with Crippen molar-refractivity contribution in [3.05, 3.63) is 0 Å². The molecule has 0 atom stereocenters. The van der Waals surface area contributed by atoms with Gasteiger partial charge in [-0.15, -0.1) is 0 Å². The fourth-order valence-electron chi connectivity index (χ4n) is 0.697. The van der Waals surface area contributed by atoms with Gasteiger partial charge < -0.3 is 15.3 Å². The Kier molecular flexibility index (Phi) is 4.60. The van der Waals surface area contributed by atoms with Crippen molar-refractivity contribution in [2.24, 2.45) is 0 Å². The van der Waals surface area contributed by atoms with Crippen LogP contribution in [-0.2, 0) is 0 Å². The summed E-state index contributed by atoms with van der Waals surface area (Å²) >= 11 is 0. The van der Waals surface area contributed by atoms with Crippen LogP contribution in [0.5, 0.6) is 0 Å². The summed E-state index contributed by atoms with van der Waals surface area (Å²) < 4.78 is 0. The zero-order chi connectivity index (χ0) is 8.04. The molecule has 0 aliphatic rings. The number of aliphatic hydroxyl groups excluding tert-OH is 1. The lowest BCUT2D eigenvalue weighted by molar-refractivity contribution is -0.168. The van der Waals surface area contributed by atoms with Crippen LogP contribution in [0, 0.1) is 0 Å². The Labute approximate surface area is 61.3 Å². The minimum absolute atomic E-state index is 0.125. The molecule has 0 fully saturated rings. The van der Waals surface area contributed by atoms with Gasteiger partial charge in [-0.1, -0.05) is 6.92 Å². The minimum atomic E-state index is -1.52. The molecular weight excluding hydrogens is 132 g/mol. The SMILES string of the molecule is CCC(O)(O)CCCCO. The maximum absolute atomic E-state index is 9.02. The van der Waals surface area contributed by atoms with Crippen LogP contribution in [0.2, 0.25) is 0 Å². The molecule has 0 saturated heterocycles. The monoisotopic (exact) mass is 148 g/mol. The second-order valence-electron chi connectivity index (χ2n) is 2.52. The Bertz CT molecular complexity index is 80.9. The van der Waals surface area contributed by atoms with Gasteiger partial charge in [-0.05, 0) is 19.3 Å². The van der Waals surface area contributed by atoms with Gasteiger partial charge in [-0.2, -0.15) is 0 Å². The standard InChI is InChI=1S/C7H16O3/c1-2-7(9,10)5-3-4-6-8/h8-10H,2-6H2,1H3. The molecule has 0 bridgehead atoms. The summed E-state index contributed by atoms with van der Waals surface area (Å²) in [5.41, 5.74) is 0. The molecule has 0 spiro atoms. The summed E-state index contributed by atoms with van der Waals surface area (Å²) in [6, 6.07) is 0. The average molecular weight is 148 g/mol. The number of hydrogen-bond donors (Lipinski definition) is 3. The number of rotatable bonds is 5. The highest BCUT2D eigenvalue weighted by Gasteiger charge is 2.18. The number of aliphatic hydroxyl groups is 3. The highest BCUT2D eigenvalue weighted by molar-refractivity contribution is 4.60. The van der Waals surface area contributed by atoms with Crippen LogP contribution in [0.1, 0.15) is 32.6 Å². The lowest BCUT2D eigenvalue weighted by atomic mass is 10.1. The highest BCUT2D eigenvalue weighted by Crippen LogP contribution is 2.13. The molecule has 3 N–H and O–H groups in total. The molecule has 0 aromatic heterocycles. The molecule has 0 saturated carbocycles. The summed E-state index contributed by atoms with van der Waals surface area (Å²) in [6.45, 7) is 1.85. The molecule has 0 aromatic carbocycles. The average Bonchev–Trinajstić information content (AvgIpc) is 1.89. The van der Waals surface area contributed by atoms with Crippen molar-refractivity contribution >= 4 is 0 Å². The largest absolute Gasteiger partial charge is 0.396 e. The maximum atomic E-state index is 9.02. The third-order valence-corrected chi connectivity index (χ3v) is 1.55. The minimum Gasteiger partial charge on any atom is -0.396 e. The molecule has 0 unspecified atom stereocenters. The topological polar surface area (TPSA) is 60.7 Å². The third kappa shape index (κ3) is 4.73. The Morgan fingerprint density at radius 1 is 1.20 bits per heavy atom. The first-order valence-electron chi connectivity index (χ1n) is 3.68. The van der Waals surface area contributed by atoms with Gasteiger partial charge in [0, 0.05) is 13.0 Å². The Morgan fingerprint density at radius 2 is 1.80 bits per heavy atom. The second kappa shape index (κ2) is 4.66. The molecule has 62 valence electrons. The van der Waals surface area contributed by atoms with Gasteiger partial charge in [0.15, 0.2) is 5.79 Å². The van der Waals surface area contributed by atoms with Crippen molar-refractivity contribution in [1.29, 1.82) is 0 Å². The molecule has 3 nitrogen and oxygen atoms in total. The Morgan fingerprint density at radius 3 is 2.20 bits per heavy atom. The van der Waals surface area contributed by atoms with E-state index in [2.05, 4.69) is 0 Å². The lowest BCUT2D eigenvalue weighted by Gasteiger charge is -2.18. The maximum Gasteiger partial charge on any atom is 0.162 e. The quantitative estimate of drug-likeness (QED) is 0.386. The van der Waals surface area contributed by atoms with Gasteiger partial charge in [0.25, 0.3) is 0 Å². The Balaban J connectivity index is 3.28. The van der Waals surface area contributed by atoms with Crippen LogP contribution >= 0.6 is 0 Å².